The molecule has 0 bridgehead atoms. The van der Waals surface area contributed by atoms with Gasteiger partial charge in [-0.3, -0.25) is 0 Å². The molecule has 0 saturated heterocycles. The molecule has 0 N–H and O–H groups in total. The fourth-order valence-corrected chi connectivity index (χ4v) is 0.654. The zero-order valence-electron chi connectivity index (χ0n) is 6.30. The molecular weight excluding hydrogens is 115 g/mol. The minimum atomic E-state index is 0. The van der Waals surface area contributed by atoms with Gasteiger partial charge in [-0.2, -0.15) is 6.58 Å². The molecule has 1 aliphatic carbocycles. The largest absolute Gasteiger partial charge is 1.00 e. The minimum absolute atomic E-state index is 0. The topological polar surface area (TPSA) is 0 Å². The van der Waals surface area contributed by atoms with Crippen molar-refractivity contribution in [2.45, 2.75) is 0 Å². The van der Waals surface area contributed by atoms with E-state index in [2.05, 4.69) is 13.2 Å². The molecular formula is C9H9Li. The van der Waals surface area contributed by atoms with Gasteiger partial charge in [-0.25, -0.2) is 0 Å². The van der Waals surface area contributed by atoms with Crippen molar-refractivity contribution in [2.24, 2.45) is 0 Å². The van der Waals surface area contributed by atoms with Crippen molar-refractivity contribution in [1.29, 1.82) is 0 Å². The predicted octanol–water partition coefficient (Wildman–Crippen LogP) is -0.567. The maximum Gasteiger partial charge on any atom is 1.00 e. The second-order valence-corrected chi connectivity index (χ2v) is 1.95. The van der Waals surface area contributed by atoms with E-state index in [4.69, 9.17) is 0 Å². The van der Waals surface area contributed by atoms with Crippen LogP contribution in [0.4, 0.5) is 0 Å². The van der Waals surface area contributed by atoms with E-state index < -0.39 is 0 Å². The van der Waals surface area contributed by atoms with Crippen LogP contribution >= 0.6 is 0 Å². The van der Waals surface area contributed by atoms with Gasteiger partial charge < -0.3 is 0 Å². The third-order valence-corrected chi connectivity index (χ3v) is 1.22. The Morgan fingerprint density at radius 2 is 1.80 bits per heavy atom. The van der Waals surface area contributed by atoms with E-state index in [0.717, 1.165) is 11.5 Å². The number of rotatable bonds is 1. The van der Waals surface area contributed by atoms with Crippen LogP contribution in [0.2, 0.25) is 0 Å². The summed E-state index contributed by atoms with van der Waals surface area (Å²) in [6, 6.07) is 0. The quantitative estimate of drug-likeness (QED) is 0.324. The van der Waals surface area contributed by atoms with Crippen LogP contribution in [0.3, 0.4) is 0 Å². The molecule has 0 aromatic heterocycles. The summed E-state index contributed by atoms with van der Waals surface area (Å²) < 4.78 is 0. The molecule has 0 spiro atoms. The second-order valence-electron chi connectivity index (χ2n) is 1.95. The van der Waals surface area contributed by atoms with Gasteiger partial charge in [-0.05, 0) is 0 Å². The zero-order chi connectivity index (χ0) is 6.69. The summed E-state index contributed by atoms with van der Waals surface area (Å²) in [5.41, 5.74) is 1.04. The van der Waals surface area contributed by atoms with Gasteiger partial charge in [0, 0.05) is 0 Å². The Morgan fingerprint density at radius 3 is 2.20 bits per heavy atom. The van der Waals surface area contributed by atoms with E-state index in [1.54, 1.807) is 0 Å². The molecule has 46 valence electrons. The van der Waals surface area contributed by atoms with Gasteiger partial charge >= 0.3 is 18.9 Å². The third-order valence-electron chi connectivity index (χ3n) is 1.22. The van der Waals surface area contributed by atoms with Crippen LogP contribution in [0, 0.1) is 5.92 Å². The van der Waals surface area contributed by atoms with Crippen molar-refractivity contribution in [2.75, 3.05) is 0 Å². The summed E-state index contributed by atoms with van der Waals surface area (Å²) in [6.45, 7) is 7.40. The Bertz CT molecular complexity index is 171. The van der Waals surface area contributed by atoms with Crippen LogP contribution in [-0.2, 0) is 0 Å². The standard InChI is InChI=1S/C9H9.Li/c1-3-9-6-4-8(2)5-7-9;/h3-7H,1-2H2;/q-1;+1. The van der Waals surface area contributed by atoms with Gasteiger partial charge in [0.05, 0.1) is 0 Å². The van der Waals surface area contributed by atoms with Crippen molar-refractivity contribution >= 4 is 0 Å². The summed E-state index contributed by atoms with van der Waals surface area (Å²) in [5, 5.41) is 0. The van der Waals surface area contributed by atoms with Gasteiger partial charge in [-0.1, -0.05) is 0 Å². The van der Waals surface area contributed by atoms with E-state index in [-0.39, 0.29) is 18.9 Å². The van der Waals surface area contributed by atoms with Gasteiger partial charge in [0.1, 0.15) is 0 Å². The number of hydrogen-bond acceptors (Lipinski definition) is 0. The summed E-state index contributed by atoms with van der Waals surface area (Å²) in [4.78, 5) is 0. The maximum atomic E-state index is 3.76. The van der Waals surface area contributed by atoms with Crippen LogP contribution in [0.25, 0.3) is 0 Å². The van der Waals surface area contributed by atoms with Crippen LogP contribution < -0.4 is 18.9 Å². The molecule has 1 heteroatoms. The molecule has 0 fully saturated rings. The molecule has 0 radical (unpaired) electrons. The van der Waals surface area contributed by atoms with E-state index >= 15 is 0 Å². The first-order chi connectivity index (χ1) is 4.33. The van der Waals surface area contributed by atoms with Crippen LogP contribution in [0.1, 0.15) is 0 Å². The first kappa shape index (κ1) is 9.43. The maximum absolute atomic E-state index is 3.76. The summed E-state index contributed by atoms with van der Waals surface area (Å²) >= 11 is 0. The molecule has 1 aliphatic rings. The fourth-order valence-electron chi connectivity index (χ4n) is 0.654. The molecule has 0 aliphatic heterocycles. The monoisotopic (exact) mass is 124 g/mol. The SMILES string of the molecule is C=C[C-]1C=CC(=C)C=C1.[Li+]. The molecule has 0 nitrogen and oxygen atoms in total. The first-order valence-electron chi connectivity index (χ1n) is 2.87. The molecule has 0 aromatic carbocycles. The van der Waals surface area contributed by atoms with Crippen LogP contribution in [0.5, 0.6) is 0 Å². The molecule has 10 heavy (non-hydrogen) atoms. The molecule has 0 atom stereocenters. The Balaban J connectivity index is 0.000000810. The second kappa shape index (κ2) is 4.28. The molecule has 0 amide bonds. The molecule has 1 rings (SSSR count). The van der Waals surface area contributed by atoms with Gasteiger partial charge in [0.2, 0.25) is 0 Å². The summed E-state index contributed by atoms with van der Waals surface area (Å²) in [5.74, 6) is 1.14. The predicted molar refractivity (Wildman–Crippen MR) is 40.9 cm³/mol. The normalized spacial score (nSPS) is 14.8. The minimum Gasteiger partial charge on any atom is -0.169 e. The molecule has 0 heterocycles. The van der Waals surface area contributed by atoms with Crippen LogP contribution in [-0.4, -0.2) is 0 Å². The Labute approximate surface area is 74.2 Å². The Hall–Kier alpha value is -0.573. The van der Waals surface area contributed by atoms with Crippen molar-refractivity contribution in [1.82, 2.24) is 0 Å². The van der Waals surface area contributed by atoms with Crippen molar-refractivity contribution < 1.29 is 18.9 Å². The summed E-state index contributed by atoms with van der Waals surface area (Å²) in [7, 11) is 0. The van der Waals surface area contributed by atoms with Crippen molar-refractivity contribution in [3.63, 3.8) is 0 Å². The average molecular weight is 124 g/mol. The Kier molecular flexibility index (Phi) is 4.03. The van der Waals surface area contributed by atoms with E-state index in [9.17, 15) is 0 Å². The molecule has 0 aromatic rings. The number of hydrogen-bond donors (Lipinski definition) is 0. The number of allylic oxidation sites excluding steroid dienone is 6. The summed E-state index contributed by atoms with van der Waals surface area (Å²) in [6.07, 6.45) is 9.75. The average Bonchev–Trinajstić information content (AvgIpc) is 1.90. The van der Waals surface area contributed by atoms with Gasteiger partial charge in [-0.15, -0.1) is 48.5 Å². The zero-order valence-corrected chi connectivity index (χ0v) is 6.30. The van der Waals surface area contributed by atoms with Crippen LogP contribution in [0.15, 0.2) is 49.1 Å². The molecule has 0 saturated carbocycles. The Morgan fingerprint density at radius 1 is 1.30 bits per heavy atom. The van der Waals surface area contributed by atoms with Gasteiger partial charge in [0.25, 0.3) is 0 Å². The molecule has 0 unspecified atom stereocenters. The first-order valence-corrected chi connectivity index (χ1v) is 2.87. The van der Waals surface area contributed by atoms with Crippen molar-refractivity contribution in [3.8, 4) is 0 Å². The van der Waals surface area contributed by atoms with E-state index in [1.807, 2.05) is 30.4 Å². The van der Waals surface area contributed by atoms with Gasteiger partial charge in [0.15, 0.2) is 0 Å². The van der Waals surface area contributed by atoms with E-state index in [0.29, 0.717) is 0 Å². The fraction of sp³-hybridized carbons (Fsp3) is 0. The van der Waals surface area contributed by atoms with E-state index in [1.165, 1.54) is 0 Å². The smallest absolute Gasteiger partial charge is 0.169 e. The third kappa shape index (κ3) is 2.35. The van der Waals surface area contributed by atoms with Crippen molar-refractivity contribution in [3.05, 3.63) is 55.0 Å².